The van der Waals surface area contributed by atoms with Crippen LogP contribution in [0.5, 0.6) is 0 Å². The van der Waals surface area contributed by atoms with E-state index in [1.807, 2.05) is 0 Å². The number of likely N-dealkylation sites (N-methyl/N-ethyl adjacent to an activating group) is 1. The van der Waals surface area contributed by atoms with Crippen molar-refractivity contribution in [3.05, 3.63) is 52.8 Å². The summed E-state index contributed by atoms with van der Waals surface area (Å²) in [5, 5.41) is 6.01. The molecule has 2 aromatic rings. The predicted octanol–water partition coefficient (Wildman–Crippen LogP) is 2.90. The molecular weight excluding hydrogens is 351 g/mol. The first-order valence-electron chi connectivity index (χ1n) is 7.09. The van der Waals surface area contributed by atoms with Crippen molar-refractivity contribution >= 4 is 46.4 Å². The number of hydrogen-bond acceptors (Lipinski definition) is 4. The van der Waals surface area contributed by atoms with Crippen LogP contribution in [0.1, 0.15) is 0 Å². The van der Waals surface area contributed by atoms with E-state index in [2.05, 4.69) is 15.6 Å². The number of nitrogens with one attached hydrogen (secondary N) is 2. The minimum absolute atomic E-state index is 0.0289. The fourth-order valence-corrected chi connectivity index (χ4v) is 2.32. The smallest absolute Gasteiger partial charge is 0.238 e. The Bertz CT molecular complexity index is 678. The van der Waals surface area contributed by atoms with Crippen molar-refractivity contribution in [2.45, 2.75) is 0 Å². The van der Waals surface area contributed by atoms with Crippen molar-refractivity contribution in [3.63, 3.8) is 0 Å². The van der Waals surface area contributed by atoms with Crippen LogP contribution >= 0.6 is 23.2 Å². The van der Waals surface area contributed by atoms with Crippen LogP contribution in [0.4, 0.5) is 11.4 Å². The van der Waals surface area contributed by atoms with Crippen molar-refractivity contribution in [3.8, 4) is 0 Å². The maximum Gasteiger partial charge on any atom is 0.238 e. The average Bonchev–Trinajstić information content (AvgIpc) is 2.51. The number of carbonyl (C=O) groups is 2. The Kier molecular flexibility index (Phi) is 6.54. The average molecular weight is 367 g/mol. The lowest BCUT2D eigenvalue weighted by atomic mass is 10.3. The highest BCUT2D eigenvalue weighted by Gasteiger charge is 2.13. The molecule has 126 valence electrons. The fraction of sp³-hybridized carbons (Fsp3) is 0.188. The Balaban J connectivity index is 1.83. The summed E-state index contributed by atoms with van der Waals surface area (Å²) in [4.78, 5) is 29.4. The molecule has 0 aliphatic rings. The highest BCUT2D eigenvalue weighted by Crippen LogP contribution is 2.20. The van der Waals surface area contributed by atoms with E-state index in [4.69, 9.17) is 23.2 Å². The molecule has 0 radical (unpaired) electrons. The standard InChI is InChI=1S/C16H16Cl2N4O2/c1-22(9-14(23)20-12-6-3-2-5-11(12)17)10-15(24)21-13-7-4-8-19-16(13)18/h2-8H,9-10H2,1H3,(H,20,23)(H,21,24). The molecule has 0 fully saturated rings. The minimum atomic E-state index is -0.294. The van der Waals surface area contributed by atoms with Gasteiger partial charge < -0.3 is 10.6 Å². The lowest BCUT2D eigenvalue weighted by Crippen LogP contribution is -2.36. The third kappa shape index (κ3) is 5.49. The van der Waals surface area contributed by atoms with Crippen molar-refractivity contribution in [1.82, 2.24) is 9.88 Å². The van der Waals surface area contributed by atoms with E-state index in [0.29, 0.717) is 16.4 Å². The number of pyridine rings is 1. The third-order valence-electron chi connectivity index (χ3n) is 3.01. The molecule has 2 amide bonds. The van der Waals surface area contributed by atoms with Gasteiger partial charge in [0.1, 0.15) is 0 Å². The van der Waals surface area contributed by atoms with Crippen molar-refractivity contribution in [2.75, 3.05) is 30.8 Å². The summed E-state index contributed by atoms with van der Waals surface area (Å²) < 4.78 is 0. The monoisotopic (exact) mass is 366 g/mol. The van der Waals surface area contributed by atoms with Crippen LogP contribution in [0.15, 0.2) is 42.6 Å². The lowest BCUT2D eigenvalue weighted by molar-refractivity contribution is -0.119. The quantitative estimate of drug-likeness (QED) is 0.770. The lowest BCUT2D eigenvalue weighted by Gasteiger charge is -2.16. The van der Waals surface area contributed by atoms with E-state index in [1.165, 1.54) is 6.20 Å². The molecule has 2 N–H and O–H groups in total. The highest BCUT2D eigenvalue weighted by atomic mass is 35.5. The molecule has 0 saturated carbocycles. The largest absolute Gasteiger partial charge is 0.324 e. The topological polar surface area (TPSA) is 74.3 Å². The Labute approximate surface area is 149 Å². The molecular formula is C16H16Cl2N4O2. The van der Waals surface area contributed by atoms with Crippen molar-refractivity contribution in [2.24, 2.45) is 0 Å². The zero-order valence-electron chi connectivity index (χ0n) is 12.9. The number of aromatic nitrogens is 1. The number of benzene rings is 1. The van der Waals surface area contributed by atoms with Gasteiger partial charge in [0, 0.05) is 6.20 Å². The number of para-hydroxylation sites is 1. The molecule has 0 saturated heterocycles. The zero-order valence-corrected chi connectivity index (χ0v) is 14.4. The Morgan fingerprint density at radius 1 is 1.00 bits per heavy atom. The molecule has 0 aliphatic heterocycles. The first-order chi connectivity index (χ1) is 11.5. The van der Waals surface area contributed by atoms with Gasteiger partial charge in [-0.15, -0.1) is 0 Å². The second-order valence-corrected chi connectivity index (χ2v) is 5.86. The van der Waals surface area contributed by atoms with E-state index >= 15 is 0 Å². The fourth-order valence-electron chi connectivity index (χ4n) is 1.97. The molecule has 0 bridgehead atoms. The van der Waals surface area contributed by atoms with E-state index < -0.39 is 0 Å². The summed E-state index contributed by atoms with van der Waals surface area (Å²) in [6.07, 6.45) is 1.53. The Morgan fingerprint density at radius 2 is 1.58 bits per heavy atom. The van der Waals surface area contributed by atoms with E-state index in [9.17, 15) is 9.59 Å². The second kappa shape index (κ2) is 8.63. The molecule has 0 unspecified atom stereocenters. The number of nitrogens with zero attached hydrogens (tertiary/aromatic N) is 2. The van der Waals surface area contributed by atoms with Crippen molar-refractivity contribution in [1.29, 1.82) is 0 Å². The normalized spacial score (nSPS) is 10.5. The zero-order chi connectivity index (χ0) is 17.5. The first-order valence-corrected chi connectivity index (χ1v) is 7.84. The first kappa shape index (κ1) is 18.2. The minimum Gasteiger partial charge on any atom is -0.324 e. The summed E-state index contributed by atoms with van der Waals surface area (Å²) >= 11 is 11.9. The molecule has 0 spiro atoms. The third-order valence-corrected chi connectivity index (χ3v) is 3.64. The van der Waals surface area contributed by atoms with Crippen LogP contribution in [-0.2, 0) is 9.59 Å². The predicted molar refractivity (Wildman–Crippen MR) is 95.5 cm³/mol. The molecule has 8 heteroatoms. The molecule has 1 aromatic carbocycles. The number of amides is 2. The number of hydrogen-bond donors (Lipinski definition) is 2. The van der Waals surface area contributed by atoms with Crippen LogP contribution < -0.4 is 10.6 Å². The number of rotatable bonds is 6. The molecule has 1 aromatic heterocycles. The van der Waals surface area contributed by atoms with Crippen LogP contribution in [0.2, 0.25) is 10.2 Å². The van der Waals surface area contributed by atoms with Gasteiger partial charge in [-0.05, 0) is 31.3 Å². The molecule has 0 atom stereocenters. The van der Waals surface area contributed by atoms with E-state index in [0.717, 1.165) is 0 Å². The van der Waals surface area contributed by atoms with E-state index in [-0.39, 0.29) is 30.1 Å². The van der Waals surface area contributed by atoms with Gasteiger partial charge in [0.2, 0.25) is 11.8 Å². The molecule has 24 heavy (non-hydrogen) atoms. The van der Waals surface area contributed by atoms with Crippen LogP contribution in [0.3, 0.4) is 0 Å². The van der Waals surface area contributed by atoms with Crippen LogP contribution in [0.25, 0.3) is 0 Å². The molecule has 1 heterocycles. The molecule has 6 nitrogen and oxygen atoms in total. The summed E-state index contributed by atoms with van der Waals surface area (Å²) in [5.41, 5.74) is 0.960. The number of halogens is 2. The SMILES string of the molecule is CN(CC(=O)Nc1ccccc1Cl)CC(=O)Nc1cccnc1Cl. The Morgan fingerprint density at radius 3 is 2.21 bits per heavy atom. The van der Waals surface area contributed by atoms with Gasteiger partial charge in [-0.1, -0.05) is 35.3 Å². The van der Waals surface area contributed by atoms with Gasteiger partial charge in [0.05, 0.1) is 29.5 Å². The highest BCUT2D eigenvalue weighted by molar-refractivity contribution is 6.33. The van der Waals surface area contributed by atoms with Gasteiger partial charge in [-0.25, -0.2) is 4.98 Å². The molecule has 2 rings (SSSR count). The summed E-state index contributed by atoms with van der Waals surface area (Å²) in [6.45, 7) is 0.0700. The maximum atomic E-state index is 12.0. The maximum absolute atomic E-state index is 12.0. The van der Waals surface area contributed by atoms with Crippen LogP contribution in [-0.4, -0.2) is 41.8 Å². The number of carbonyl (C=O) groups excluding carboxylic acids is 2. The van der Waals surface area contributed by atoms with Crippen LogP contribution in [0, 0.1) is 0 Å². The van der Waals surface area contributed by atoms with Gasteiger partial charge in [0.15, 0.2) is 5.15 Å². The van der Waals surface area contributed by atoms with E-state index in [1.54, 1.807) is 48.3 Å². The summed E-state index contributed by atoms with van der Waals surface area (Å²) in [6, 6.07) is 10.3. The number of anilines is 2. The van der Waals surface area contributed by atoms with Gasteiger partial charge >= 0.3 is 0 Å². The van der Waals surface area contributed by atoms with Crippen molar-refractivity contribution < 1.29 is 9.59 Å². The second-order valence-electron chi connectivity index (χ2n) is 5.09. The van der Waals surface area contributed by atoms with Gasteiger partial charge in [-0.2, -0.15) is 0 Å². The Hall–Kier alpha value is -2.15. The van der Waals surface area contributed by atoms with Gasteiger partial charge in [-0.3, -0.25) is 14.5 Å². The summed E-state index contributed by atoms with van der Waals surface area (Å²) in [5.74, 6) is -0.559. The van der Waals surface area contributed by atoms with Gasteiger partial charge in [0.25, 0.3) is 0 Å². The summed E-state index contributed by atoms with van der Waals surface area (Å²) in [7, 11) is 1.66. The molecule has 0 aliphatic carbocycles.